The van der Waals surface area contributed by atoms with Crippen molar-refractivity contribution in [1.29, 1.82) is 0 Å². The van der Waals surface area contributed by atoms with Gasteiger partial charge in [-0.1, -0.05) is 24.4 Å². The first-order valence-corrected chi connectivity index (χ1v) is 10.6. The summed E-state index contributed by atoms with van der Waals surface area (Å²) in [6.45, 7) is 4.88. The van der Waals surface area contributed by atoms with Gasteiger partial charge in [-0.05, 0) is 38.5 Å². The number of sulfonamides is 1. The molecule has 25 heavy (non-hydrogen) atoms. The molecule has 1 N–H and O–H groups in total. The fraction of sp³-hybridized carbons (Fsp3) is 0.765. The van der Waals surface area contributed by atoms with Crippen molar-refractivity contribution in [3.63, 3.8) is 0 Å². The third-order valence-corrected chi connectivity index (χ3v) is 7.22. The molecule has 0 bridgehead atoms. The number of nitrogens with zero attached hydrogens (tertiary/aromatic N) is 2. The Morgan fingerprint density at radius 2 is 1.96 bits per heavy atom. The molecule has 0 spiro atoms. The minimum absolute atomic E-state index is 0.0329. The van der Waals surface area contributed by atoms with Crippen LogP contribution in [-0.4, -0.2) is 44.0 Å². The molecule has 1 aromatic heterocycles. The number of hydrogen-bond donors (Lipinski definition) is 1. The highest BCUT2D eigenvalue weighted by molar-refractivity contribution is 7.89. The summed E-state index contributed by atoms with van der Waals surface area (Å²) in [5.41, 5.74) is 0.329. The quantitative estimate of drug-likeness (QED) is 0.857. The monoisotopic (exact) mass is 369 g/mol. The maximum Gasteiger partial charge on any atom is 0.245 e. The lowest BCUT2D eigenvalue weighted by molar-refractivity contribution is -0.134. The highest BCUT2D eigenvalue weighted by Crippen LogP contribution is 2.36. The van der Waals surface area contributed by atoms with E-state index in [2.05, 4.69) is 9.88 Å². The topological polar surface area (TPSA) is 92.5 Å². The van der Waals surface area contributed by atoms with E-state index in [9.17, 15) is 13.2 Å². The van der Waals surface area contributed by atoms with Gasteiger partial charge < -0.3 is 9.42 Å². The Labute approximate surface area is 149 Å². The number of hydrogen-bond acceptors (Lipinski definition) is 5. The lowest BCUT2D eigenvalue weighted by Gasteiger charge is -2.41. The number of nitrogens with one attached hydrogen (secondary N) is 1. The molecular formula is C17H27N3O4S. The molecule has 1 amide bonds. The number of likely N-dealkylation sites (tertiary alicyclic amines) is 1. The SMILES string of the molecule is Cc1noc(C)c1S(=O)(=O)NCCC(=O)N1CC[C@H]2CCCC[C@H]2C1. The molecule has 140 valence electrons. The van der Waals surface area contributed by atoms with Crippen LogP contribution in [0.1, 0.15) is 50.0 Å². The van der Waals surface area contributed by atoms with E-state index >= 15 is 0 Å². The number of carbonyl (C=O) groups excluding carboxylic acids is 1. The zero-order valence-corrected chi connectivity index (χ0v) is 15.8. The molecule has 0 unspecified atom stereocenters. The molecule has 2 aliphatic rings. The summed E-state index contributed by atoms with van der Waals surface area (Å²) in [6, 6.07) is 0. The van der Waals surface area contributed by atoms with Gasteiger partial charge in [0.2, 0.25) is 15.9 Å². The molecule has 1 saturated carbocycles. The van der Waals surface area contributed by atoms with E-state index in [1.807, 2.05) is 4.90 Å². The van der Waals surface area contributed by atoms with Gasteiger partial charge in [-0.2, -0.15) is 0 Å². The number of aromatic nitrogens is 1. The van der Waals surface area contributed by atoms with Crippen LogP contribution < -0.4 is 4.72 Å². The Morgan fingerprint density at radius 1 is 1.24 bits per heavy atom. The van der Waals surface area contributed by atoms with Gasteiger partial charge in [-0.15, -0.1) is 0 Å². The van der Waals surface area contributed by atoms with Gasteiger partial charge in [0.05, 0.1) is 0 Å². The molecule has 2 atom stereocenters. The minimum atomic E-state index is -3.70. The van der Waals surface area contributed by atoms with E-state index in [1.165, 1.54) is 25.7 Å². The Hall–Kier alpha value is -1.41. The smallest absolute Gasteiger partial charge is 0.245 e. The Morgan fingerprint density at radius 3 is 2.64 bits per heavy atom. The Kier molecular flexibility index (Phi) is 5.48. The van der Waals surface area contributed by atoms with Crippen molar-refractivity contribution in [1.82, 2.24) is 14.8 Å². The van der Waals surface area contributed by atoms with Crippen LogP contribution in [0.15, 0.2) is 9.42 Å². The Bertz CT molecular complexity index is 709. The number of carbonyl (C=O) groups is 1. The second-order valence-electron chi connectivity index (χ2n) is 7.23. The van der Waals surface area contributed by atoms with Crippen LogP contribution in [0.2, 0.25) is 0 Å². The minimum Gasteiger partial charge on any atom is -0.360 e. The van der Waals surface area contributed by atoms with Crippen molar-refractivity contribution in [2.45, 2.75) is 57.3 Å². The maximum atomic E-state index is 12.4. The second kappa shape index (κ2) is 7.45. The fourth-order valence-electron chi connectivity index (χ4n) is 4.21. The lowest BCUT2D eigenvalue weighted by Crippen LogP contribution is -2.45. The summed E-state index contributed by atoms with van der Waals surface area (Å²) in [5.74, 6) is 1.70. The molecule has 1 aromatic rings. The summed E-state index contributed by atoms with van der Waals surface area (Å²) < 4.78 is 32.1. The number of rotatable bonds is 5. The molecule has 3 rings (SSSR count). The van der Waals surface area contributed by atoms with Crippen LogP contribution in [0.3, 0.4) is 0 Å². The molecule has 2 fully saturated rings. The van der Waals surface area contributed by atoms with Crippen molar-refractivity contribution in [3.05, 3.63) is 11.5 Å². The van der Waals surface area contributed by atoms with E-state index < -0.39 is 10.0 Å². The molecule has 1 saturated heterocycles. The van der Waals surface area contributed by atoms with Crippen molar-refractivity contribution >= 4 is 15.9 Å². The van der Waals surface area contributed by atoms with Crippen LogP contribution in [0.5, 0.6) is 0 Å². The number of piperidine rings is 1. The standard InChI is InChI=1S/C17H27N3O4S/c1-12-17(13(2)24-19-12)25(22,23)18-9-7-16(21)20-10-8-14-5-3-4-6-15(14)11-20/h14-15,18H,3-11H2,1-2H3/t14-,15+/m1/s1. The molecule has 7 nitrogen and oxygen atoms in total. The van der Waals surface area contributed by atoms with E-state index in [1.54, 1.807) is 13.8 Å². The number of fused-ring (bicyclic) bond motifs is 1. The van der Waals surface area contributed by atoms with Gasteiger partial charge in [-0.3, -0.25) is 4.79 Å². The number of aryl methyl sites for hydroxylation is 2. The molecule has 1 aliphatic carbocycles. The first-order valence-electron chi connectivity index (χ1n) is 9.09. The highest BCUT2D eigenvalue weighted by Gasteiger charge is 2.33. The van der Waals surface area contributed by atoms with Crippen LogP contribution >= 0.6 is 0 Å². The summed E-state index contributed by atoms with van der Waals surface area (Å²) in [6.07, 6.45) is 6.36. The molecule has 0 radical (unpaired) electrons. The average molecular weight is 369 g/mol. The predicted molar refractivity (Wildman–Crippen MR) is 92.4 cm³/mol. The fourth-order valence-corrected chi connectivity index (χ4v) is 5.57. The van der Waals surface area contributed by atoms with Gasteiger partial charge in [0.15, 0.2) is 5.76 Å². The van der Waals surface area contributed by atoms with Crippen LogP contribution in [-0.2, 0) is 14.8 Å². The van der Waals surface area contributed by atoms with Crippen LogP contribution in [0.4, 0.5) is 0 Å². The molecular weight excluding hydrogens is 342 g/mol. The largest absolute Gasteiger partial charge is 0.360 e. The molecule has 2 heterocycles. The van der Waals surface area contributed by atoms with Gasteiger partial charge >= 0.3 is 0 Å². The zero-order valence-electron chi connectivity index (χ0n) is 15.0. The van der Waals surface area contributed by atoms with Gasteiger partial charge in [0, 0.05) is 26.1 Å². The summed E-state index contributed by atoms with van der Waals surface area (Å²) in [5, 5.41) is 3.67. The average Bonchev–Trinajstić information content (AvgIpc) is 2.93. The summed E-state index contributed by atoms with van der Waals surface area (Å²) >= 11 is 0. The third kappa shape index (κ3) is 4.06. The normalized spacial score (nSPS) is 24.2. The second-order valence-corrected chi connectivity index (χ2v) is 8.94. The summed E-state index contributed by atoms with van der Waals surface area (Å²) in [4.78, 5) is 14.4. The van der Waals surface area contributed by atoms with E-state index in [4.69, 9.17) is 4.52 Å². The maximum absolute atomic E-state index is 12.4. The zero-order chi connectivity index (χ0) is 18.0. The lowest BCUT2D eigenvalue weighted by atomic mass is 9.75. The summed E-state index contributed by atoms with van der Waals surface area (Å²) in [7, 11) is -3.70. The first-order chi connectivity index (χ1) is 11.9. The van der Waals surface area contributed by atoms with Crippen molar-refractivity contribution in [2.24, 2.45) is 11.8 Å². The number of amides is 1. The van der Waals surface area contributed by atoms with Gasteiger partial charge in [-0.25, -0.2) is 13.1 Å². The Balaban J connectivity index is 1.51. The van der Waals surface area contributed by atoms with Crippen molar-refractivity contribution in [3.8, 4) is 0 Å². The van der Waals surface area contributed by atoms with Gasteiger partial charge in [0.1, 0.15) is 10.6 Å². The molecule has 8 heteroatoms. The highest BCUT2D eigenvalue weighted by atomic mass is 32.2. The van der Waals surface area contributed by atoms with Crippen LogP contribution in [0, 0.1) is 25.7 Å². The predicted octanol–water partition coefficient (Wildman–Crippen LogP) is 2.00. The van der Waals surface area contributed by atoms with Crippen molar-refractivity contribution < 1.29 is 17.7 Å². The van der Waals surface area contributed by atoms with Crippen molar-refractivity contribution in [2.75, 3.05) is 19.6 Å². The van der Waals surface area contributed by atoms with E-state index in [-0.39, 0.29) is 29.5 Å². The molecule has 1 aliphatic heterocycles. The van der Waals surface area contributed by atoms with E-state index in [0.717, 1.165) is 25.4 Å². The molecule has 0 aromatic carbocycles. The first kappa shape index (κ1) is 18.4. The van der Waals surface area contributed by atoms with Gasteiger partial charge in [0.25, 0.3) is 0 Å². The third-order valence-electron chi connectivity index (χ3n) is 5.51. The van der Waals surface area contributed by atoms with Crippen LogP contribution in [0.25, 0.3) is 0 Å². The van der Waals surface area contributed by atoms with E-state index in [0.29, 0.717) is 11.6 Å².